The van der Waals surface area contributed by atoms with E-state index in [2.05, 4.69) is 4.90 Å². The first kappa shape index (κ1) is 14.9. The number of piperidine rings is 3. The van der Waals surface area contributed by atoms with Crippen LogP contribution in [-0.2, 0) is 4.74 Å². The van der Waals surface area contributed by atoms with Crippen molar-refractivity contribution in [2.75, 3.05) is 26.7 Å². The molecule has 4 aliphatic rings. The Morgan fingerprint density at radius 1 is 1.22 bits per heavy atom. The SMILES string of the molecule is COC(=O)N1C[C@@H](c2cccc(F)c2F)[C@@H]2[C@H]1C1CCN2CC1. The molecule has 4 nitrogen and oxygen atoms in total. The molecule has 0 saturated carbocycles. The number of nitrogens with zero attached hydrogens (tertiary/aromatic N) is 2. The van der Waals surface area contributed by atoms with Crippen LogP contribution in [0.25, 0.3) is 0 Å². The summed E-state index contributed by atoms with van der Waals surface area (Å²) in [5.74, 6) is -1.40. The lowest BCUT2D eigenvalue weighted by Gasteiger charge is -2.50. The van der Waals surface area contributed by atoms with Crippen LogP contribution in [0.5, 0.6) is 0 Å². The highest BCUT2D eigenvalue weighted by atomic mass is 19.2. The number of carbonyl (C=O) groups excluding carboxylic acids is 1. The Bertz CT molecular complexity index is 631. The molecule has 1 aromatic rings. The molecule has 6 heteroatoms. The van der Waals surface area contributed by atoms with Crippen LogP contribution in [0.4, 0.5) is 13.6 Å². The van der Waals surface area contributed by atoms with Crippen LogP contribution >= 0.6 is 0 Å². The summed E-state index contributed by atoms with van der Waals surface area (Å²) < 4.78 is 32.9. The van der Waals surface area contributed by atoms with Crippen LogP contribution in [0.15, 0.2) is 18.2 Å². The largest absolute Gasteiger partial charge is 0.453 e. The van der Waals surface area contributed by atoms with Gasteiger partial charge in [0.2, 0.25) is 0 Å². The van der Waals surface area contributed by atoms with Crippen molar-refractivity contribution < 1.29 is 18.3 Å². The lowest BCUT2D eigenvalue weighted by molar-refractivity contribution is -0.00506. The maximum atomic E-state index is 14.3. The van der Waals surface area contributed by atoms with E-state index in [-0.39, 0.29) is 24.1 Å². The molecule has 0 aliphatic carbocycles. The average molecular weight is 322 g/mol. The molecule has 2 bridgehead atoms. The van der Waals surface area contributed by atoms with Gasteiger partial charge in [-0.25, -0.2) is 13.6 Å². The van der Waals surface area contributed by atoms with Gasteiger partial charge in [0.25, 0.3) is 0 Å². The van der Waals surface area contributed by atoms with Crippen molar-refractivity contribution >= 4 is 6.09 Å². The number of halogens is 2. The minimum atomic E-state index is -0.827. The molecule has 1 amide bonds. The molecule has 4 heterocycles. The second kappa shape index (κ2) is 5.44. The van der Waals surface area contributed by atoms with Gasteiger partial charge in [-0.3, -0.25) is 4.90 Å². The molecule has 4 saturated heterocycles. The van der Waals surface area contributed by atoms with Crippen molar-refractivity contribution in [1.82, 2.24) is 9.80 Å². The lowest BCUT2D eigenvalue weighted by Crippen LogP contribution is -2.60. The molecule has 0 spiro atoms. The Morgan fingerprint density at radius 3 is 2.65 bits per heavy atom. The van der Waals surface area contributed by atoms with E-state index in [1.807, 2.05) is 0 Å². The number of rotatable bonds is 1. The van der Waals surface area contributed by atoms with E-state index in [1.165, 1.54) is 7.11 Å². The van der Waals surface area contributed by atoms with Gasteiger partial charge in [-0.1, -0.05) is 12.1 Å². The molecule has 1 aromatic carbocycles. The zero-order chi connectivity index (χ0) is 16.1. The quantitative estimate of drug-likeness (QED) is 0.797. The molecular formula is C17H20F2N2O2. The molecule has 4 fully saturated rings. The van der Waals surface area contributed by atoms with Gasteiger partial charge in [0, 0.05) is 18.5 Å². The summed E-state index contributed by atoms with van der Waals surface area (Å²) in [4.78, 5) is 16.3. The molecule has 23 heavy (non-hydrogen) atoms. The first-order chi connectivity index (χ1) is 11.1. The van der Waals surface area contributed by atoms with Crippen LogP contribution < -0.4 is 0 Å². The maximum absolute atomic E-state index is 14.3. The molecule has 0 aromatic heterocycles. The third-order valence-corrected chi connectivity index (χ3v) is 5.78. The van der Waals surface area contributed by atoms with Crippen LogP contribution in [0.2, 0.25) is 0 Å². The molecule has 3 atom stereocenters. The number of amides is 1. The summed E-state index contributed by atoms with van der Waals surface area (Å²) in [5.41, 5.74) is 0.374. The second-order valence-electron chi connectivity index (χ2n) is 6.73. The number of methoxy groups -OCH3 is 1. The topological polar surface area (TPSA) is 32.8 Å². The highest BCUT2D eigenvalue weighted by Gasteiger charge is 2.55. The van der Waals surface area contributed by atoms with Gasteiger partial charge in [0.1, 0.15) is 0 Å². The molecule has 0 N–H and O–H groups in total. The fraction of sp³-hybridized carbons (Fsp3) is 0.588. The third-order valence-electron chi connectivity index (χ3n) is 5.78. The molecular weight excluding hydrogens is 302 g/mol. The fourth-order valence-electron chi connectivity index (χ4n) is 4.83. The highest BCUT2D eigenvalue weighted by Crippen LogP contribution is 2.47. The van der Waals surface area contributed by atoms with E-state index in [0.29, 0.717) is 18.0 Å². The monoisotopic (exact) mass is 322 g/mol. The Morgan fingerprint density at radius 2 is 1.96 bits per heavy atom. The van der Waals surface area contributed by atoms with Crippen LogP contribution in [0, 0.1) is 17.6 Å². The molecule has 0 unspecified atom stereocenters. The summed E-state index contributed by atoms with van der Waals surface area (Å²) >= 11 is 0. The maximum Gasteiger partial charge on any atom is 0.409 e. The van der Waals surface area contributed by atoms with Crippen molar-refractivity contribution in [3.8, 4) is 0 Å². The summed E-state index contributed by atoms with van der Waals surface area (Å²) in [5, 5.41) is 0. The van der Waals surface area contributed by atoms with E-state index >= 15 is 0 Å². The fourth-order valence-corrected chi connectivity index (χ4v) is 4.83. The molecule has 4 aliphatic heterocycles. The highest BCUT2D eigenvalue weighted by molar-refractivity contribution is 5.69. The van der Waals surface area contributed by atoms with E-state index in [1.54, 1.807) is 17.0 Å². The summed E-state index contributed by atoms with van der Waals surface area (Å²) in [6, 6.07) is 4.41. The minimum Gasteiger partial charge on any atom is -0.453 e. The molecule has 124 valence electrons. The number of ether oxygens (including phenoxy) is 1. The predicted octanol–water partition coefficient (Wildman–Crippen LogP) is 2.59. The summed E-state index contributed by atoms with van der Waals surface area (Å²) in [7, 11) is 1.37. The number of benzene rings is 1. The van der Waals surface area contributed by atoms with Crippen molar-refractivity contribution in [2.24, 2.45) is 5.92 Å². The van der Waals surface area contributed by atoms with Gasteiger partial charge < -0.3 is 9.64 Å². The number of hydrogen-bond donors (Lipinski definition) is 0. The smallest absolute Gasteiger partial charge is 0.409 e. The minimum absolute atomic E-state index is 0.0395. The van der Waals surface area contributed by atoms with Crippen LogP contribution in [-0.4, -0.2) is 54.7 Å². The Balaban J connectivity index is 1.75. The van der Waals surface area contributed by atoms with E-state index < -0.39 is 11.6 Å². The van der Waals surface area contributed by atoms with Gasteiger partial charge in [0.05, 0.1) is 13.2 Å². The normalized spacial score (nSPS) is 35.3. The zero-order valence-electron chi connectivity index (χ0n) is 13.0. The Kier molecular flexibility index (Phi) is 3.52. The van der Waals surface area contributed by atoms with E-state index in [9.17, 15) is 13.6 Å². The van der Waals surface area contributed by atoms with Crippen LogP contribution in [0.3, 0.4) is 0 Å². The van der Waals surface area contributed by atoms with Gasteiger partial charge in [0.15, 0.2) is 11.6 Å². The van der Waals surface area contributed by atoms with Crippen LogP contribution in [0.1, 0.15) is 24.3 Å². The first-order valence-corrected chi connectivity index (χ1v) is 8.14. The number of hydrogen-bond acceptors (Lipinski definition) is 3. The lowest BCUT2D eigenvalue weighted by atomic mass is 9.75. The van der Waals surface area contributed by atoms with Gasteiger partial charge in [-0.05, 0) is 43.5 Å². The third kappa shape index (κ3) is 2.15. The van der Waals surface area contributed by atoms with Gasteiger partial charge in [-0.15, -0.1) is 0 Å². The van der Waals surface area contributed by atoms with Crippen molar-refractivity contribution in [3.05, 3.63) is 35.4 Å². The summed E-state index contributed by atoms with van der Waals surface area (Å²) in [6.45, 7) is 2.32. The van der Waals surface area contributed by atoms with Crippen molar-refractivity contribution in [3.63, 3.8) is 0 Å². The standard InChI is InChI=1S/C17H20F2N2O2/c1-23-17(22)21-9-12(11-3-2-4-13(18)14(11)19)16-15(21)10-5-7-20(16)8-6-10/h2-4,10,12,15-16H,5-9H2,1H3/t12-,15+,16+/m0/s1. The van der Waals surface area contributed by atoms with Crippen molar-refractivity contribution in [2.45, 2.75) is 30.8 Å². The van der Waals surface area contributed by atoms with Gasteiger partial charge >= 0.3 is 6.09 Å². The summed E-state index contributed by atoms with van der Waals surface area (Å²) in [6.07, 6.45) is 1.73. The molecule has 0 radical (unpaired) electrons. The first-order valence-electron chi connectivity index (χ1n) is 8.14. The second-order valence-corrected chi connectivity index (χ2v) is 6.73. The number of likely N-dealkylation sites (tertiary alicyclic amines) is 1. The zero-order valence-corrected chi connectivity index (χ0v) is 13.0. The van der Waals surface area contributed by atoms with Crippen molar-refractivity contribution in [1.29, 1.82) is 0 Å². The van der Waals surface area contributed by atoms with Gasteiger partial charge in [-0.2, -0.15) is 0 Å². The number of carbonyl (C=O) groups is 1. The van der Waals surface area contributed by atoms with E-state index in [0.717, 1.165) is 32.0 Å². The Hall–Kier alpha value is -1.69. The predicted molar refractivity (Wildman–Crippen MR) is 80.1 cm³/mol. The molecule has 5 rings (SSSR count). The van der Waals surface area contributed by atoms with E-state index in [4.69, 9.17) is 4.74 Å². The Labute approximate surface area is 134 Å². The average Bonchev–Trinajstić information content (AvgIpc) is 3.00. The number of fused-ring (bicyclic) bond motifs is 2.